The molecule has 1 N–H and O–H groups in total. The lowest BCUT2D eigenvalue weighted by molar-refractivity contribution is -0.149. The number of carbonyl (C=O) groups is 3. The Morgan fingerprint density at radius 2 is 1.45 bits per heavy atom. The molecule has 1 saturated heterocycles. The predicted octanol–water partition coefficient (Wildman–Crippen LogP) is 4.83. The molecule has 3 aromatic rings. The average Bonchev–Trinajstić information content (AvgIpc) is 2.96. The smallest absolute Gasteiger partial charge is 0.266 e. The van der Waals surface area contributed by atoms with Crippen molar-refractivity contribution in [2.75, 3.05) is 33.3 Å². The van der Waals surface area contributed by atoms with Crippen molar-refractivity contribution in [2.24, 2.45) is 0 Å². The molecule has 40 heavy (non-hydrogen) atoms. The summed E-state index contributed by atoms with van der Waals surface area (Å²) in [5.74, 6) is 0.337. The van der Waals surface area contributed by atoms with Gasteiger partial charge in [-0.25, -0.2) is 0 Å². The van der Waals surface area contributed by atoms with Crippen LogP contribution in [0.25, 0.3) is 6.08 Å². The molecule has 0 atom stereocenters. The van der Waals surface area contributed by atoms with Gasteiger partial charge in [-0.05, 0) is 86.2 Å². The Morgan fingerprint density at radius 3 is 2.05 bits per heavy atom. The van der Waals surface area contributed by atoms with Crippen LogP contribution in [0.4, 0.5) is 0 Å². The Labute approximate surface area is 238 Å². The lowest BCUT2D eigenvalue weighted by Crippen LogP contribution is -2.56. The third kappa shape index (κ3) is 6.82. The van der Waals surface area contributed by atoms with Crippen molar-refractivity contribution >= 4 is 35.3 Å². The third-order valence-electron chi connectivity index (χ3n) is 6.61. The molecule has 0 unspecified atom stereocenters. The molecule has 0 radical (unpaired) electrons. The van der Waals surface area contributed by atoms with Gasteiger partial charge in [0, 0.05) is 48.4 Å². The number of phenols is 1. The minimum atomic E-state index is -1.15. The first-order chi connectivity index (χ1) is 19.1. The second-order valence-corrected chi connectivity index (χ2v) is 10.3. The number of hydrogen-bond donors (Lipinski definition) is 1. The summed E-state index contributed by atoms with van der Waals surface area (Å²) in [7, 11) is 1.46. The Bertz CT molecular complexity index is 1410. The maximum atomic E-state index is 13.3. The average molecular weight is 563 g/mol. The maximum absolute atomic E-state index is 13.3. The molecule has 208 valence electrons. The van der Waals surface area contributed by atoms with E-state index in [4.69, 9.17) is 21.1 Å². The van der Waals surface area contributed by atoms with Crippen molar-refractivity contribution in [3.8, 4) is 17.2 Å². The van der Waals surface area contributed by atoms with E-state index in [1.807, 2.05) is 0 Å². The standard InChI is InChI=1S/C31H31ClN2O6/c1-31(2,40-25-12-8-23(9-13-25)29(37)22-6-10-24(32)11-7-22)30(38)34-18-16-33(17-19-34)28(36)15-5-21-4-14-26(35)27(20-21)39-3/h4-15,20,35H,16-19H2,1-3H3/b15-5+. The van der Waals surface area contributed by atoms with Gasteiger partial charge in [-0.3, -0.25) is 14.4 Å². The number of hydrogen-bond acceptors (Lipinski definition) is 6. The van der Waals surface area contributed by atoms with Crippen LogP contribution in [0.1, 0.15) is 35.3 Å². The van der Waals surface area contributed by atoms with Gasteiger partial charge in [-0.2, -0.15) is 0 Å². The van der Waals surface area contributed by atoms with Crippen molar-refractivity contribution in [1.29, 1.82) is 0 Å². The van der Waals surface area contributed by atoms with E-state index in [-0.39, 0.29) is 23.3 Å². The molecule has 9 heteroatoms. The first-order valence-electron chi connectivity index (χ1n) is 12.8. The van der Waals surface area contributed by atoms with Crippen molar-refractivity contribution in [3.63, 3.8) is 0 Å². The van der Waals surface area contributed by atoms with Gasteiger partial charge in [0.2, 0.25) is 5.91 Å². The molecule has 0 bridgehead atoms. The summed E-state index contributed by atoms with van der Waals surface area (Å²) in [5.41, 5.74) is 0.602. The van der Waals surface area contributed by atoms with E-state index in [2.05, 4.69) is 0 Å². The number of nitrogens with zero attached hydrogens (tertiary/aromatic N) is 2. The Kier molecular flexibility index (Phi) is 8.80. The summed E-state index contributed by atoms with van der Waals surface area (Å²) in [6.07, 6.45) is 3.13. The second-order valence-electron chi connectivity index (χ2n) is 9.85. The van der Waals surface area contributed by atoms with Crippen LogP contribution < -0.4 is 9.47 Å². The minimum absolute atomic E-state index is 0.0277. The van der Waals surface area contributed by atoms with Gasteiger partial charge >= 0.3 is 0 Å². The molecule has 0 saturated carbocycles. The number of rotatable bonds is 8. The molecule has 1 aliphatic heterocycles. The van der Waals surface area contributed by atoms with Crippen LogP contribution in [0.2, 0.25) is 5.02 Å². The summed E-state index contributed by atoms with van der Waals surface area (Å²) in [6, 6.07) is 18.2. The molecule has 2 amide bonds. The molecule has 0 spiro atoms. The van der Waals surface area contributed by atoms with Crippen LogP contribution in [-0.4, -0.2) is 71.4 Å². The Hall–Kier alpha value is -4.30. The molecule has 4 rings (SSSR count). The molecule has 1 fully saturated rings. The van der Waals surface area contributed by atoms with E-state index in [0.29, 0.717) is 53.8 Å². The van der Waals surface area contributed by atoms with E-state index < -0.39 is 5.60 Å². The number of halogens is 1. The van der Waals surface area contributed by atoms with Gasteiger partial charge in [0.25, 0.3) is 5.91 Å². The van der Waals surface area contributed by atoms with E-state index in [1.54, 1.807) is 90.4 Å². The van der Waals surface area contributed by atoms with Crippen molar-refractivity contribution in [2.45, 2.75) is 19.4 Å². The molecule has 3 aromatic carbocycles. The number of ketones is 1. The quantitative estimate of drug-likeness (QED) is 0.312. The minimum Gasteiger partial charge on any atom is -0.504 e. The summed E-state index contributed by atoms with van der Waals surface area (Å²) >= 11 is 5.90. The van der Waals surface area contributed by atoms with E-state index >= 15 is 0 Å². The zero-order chi connectivity index (χ0) is 28.9. The molecule has 0 aromatic heterocycles. The van der Waals surface area contributed by atoms with Crippen LogP contribution in [0.15, 0.2) is 72.8 Å². The summed E-state index contributed by atoms with van der Waals surface area (Å²) < 4.78 is 11.1. The summed E-state index contributed by atoms with van der Waals surface area (Å²) in [4.78, 5) is 42.0. The van der Waals surface area contributed by atoms with Gasteiger partial charge in [-0.1, -0.05) is 17.7 Å². The fourth-order valence-electron chi connectivity index (χ4n) is 4.36. The number of piperazine rings is 1. The van der Waals surface area contributed by atoms with Crippen LogP contribution in [0, 0.1) is 0 Å². The second kappa shape index (κ2) is 12.3. The zero-order valence-electron chi connectivity index (χ0n) is 22.6. The fourth-order valence-corrected chi connectivity index (χ4v) is 4.49. The van der Waals surface area contributed by atoms with Crippen molar-refractivity contribution in [1.82, 2.24) is 9.80 Å². The largest absolute Gasteiger partial charge is 0.504 e. The first-order valence-corrected chi connectivity index (χ1v) is 13.2. The molecule has 1 heterocycles. The highest BCUT2D eigenvalue weighted by atomic mass is 35.5. The number of amides is 2. The molecule has 0 aliphatic carbocycles. The fraction of sp³-hybridized carbons (Fsp3) is 0.258. The van der Waals surface area contributed by atoms with Gasteiger partial charge in [0.05, 0.1) is 7.11 Å². The lowest BCUT2D eigenvalue weighted by Gasteiger charge is -2.38. The Balaban J connectivity index is 1.31. The van der Waals surface area contributed by atoms with Gasteiger partial charge in [-0.15, -0.1) is 0 Å². The monoisotopic (exact) mass is 562 g/mol. The van der Waals surface area contributed by atoms with E-state index in [0.717, 1.165) is 5.56 Å². The van der Waals surface area contributed by atoms with Gasteiger partial charge in [0.1, 0.15) is 5.75 Å². The zero-order valence-corrected chi connectivity index (χ0v) is 23.4. The lowest BCUT2D eigenvalue weighted by atomic mass is 10.0. The SMILES string of the molecule is COc1cc(/C=C/C(=O)N2CCN(C(=O)C(C)(C)Oc3ccc(C(=O)c4ccc(Cl)cc4)cc3)CC2)ccc1O. The number of aromatic hydroxyl groups is 1. The number of carbonyl (C=O) groups excluding carboxylic acids is 3. The van der Waals surface area contributed by atoms with Gasteiger partial charge < -0.3 is 24.4 Å². The highest BCUT2D eigenvalue weighted by molar-refractivity contribution is 6.30. The van der Waals surface area contributed by atoms with Crippen LogP contribution >= 0.6 is 11.6 Å². The van der Waals surface area contributed by atoms with Crippen LogP contribution in [0.3, 0.4) is 0 Å². The van der Waals surface area contributed by atoms with E-state index in [9.17, 15) is 19.5 Å². The summed E-state index contributed by atoms with van der Waals surface area (Å²) in [6.45, 7) is 4.96. The highest BCUT2D eigenvalue weighted by Gasteiger charge is 2.36. The number of ether oxygens (including phenoxy) is 2. The summed E-state index contributed by atoms with van der Waals surface area (Å²) in [5, 5.41) is 10.3. The highest BCUT2D eigenvalue weighted by Crippen LogP contribution is 2.27. The normalized spacial score (nSPS) is 13.8. The van der Waals surface area contributed by atoms with Crippen molar-refractivity contribution < 1.29 is 29.0 Å². The topological polar surface area (TPSA) is 96.4 Å². The van der Waals surface area contributed by atoms with Crippen molar-refractivity contribution in [3.05, 3.63) is 94.5 Å². The predicted molar refractivity (Wildman–Crippen MR) is 153 cm³/mol. The molecular weight excluding hydrogens is 532 g/mol. The third-order valence-corrected chi connectivity index (χ3v) is 6.86. The van der Waals surface area contributed by atoms with Crippen LogP contribution in [0.5, 0.6) is 17.2 Å². The number of phenolic OH excluding ortho intramolecular Hbond substituents is 1. The molecule has 8 nitrogen and oxygen atoms in total. The number of methoxy groups -OCH3 is 1. The Morgan fingerprint density at radius 1 is 0.875 bits per heavy atom. The molecule has 1 aliphatic rings. The first kappa shape index (κ1) is 28.7. The number of benzene rings is 3. The van der Waals surface area contributed by atoms with E-state index in [1.165, 1.54) is 19.3 Å². The molecular formula is C31H31ClN2O6. The van der Waals surface area contributed by atoms with Gasteiger partial charge in [0.15, 0.2) is 22.9 Å². The maximum Gasteiger partial charge on any atom is 0.266 e. The van der Waals surface area contributed by atoms with Crippen LogP contribution in [-0.2, 0) is 9.59 Å².